The molecule has 1 aliphatic heterocycles. The van der Waals surface area contributed by atoms with Crippen LogP contribution in [0.1, 0.15) is 39.2 Å². The van der Waals surface area contributed by atoms with Crippen LogP contribution in [0.4, 0.5) is 0 Å². The van der Waals surface area contributed by atoms with Gasteiger partial charge in [0, 0.05) is 13.1 Å². The van der Waals surface area contributed by atoms with E-state index in [1.54, 1.807) is 0 Å². The fraction of sp³-hybridized carbons (Fsp3) is 0.444. The second-order valence-electron chi connectivity index (χ2n) is 6.05. The van der Waals surface area contributed by atoms with Crippen LogP contribution in [-0.2, 0) is 0 Å². The van der Waals surface area contributed by atoms with E-state index >= 15 is 0 Å². The van der Waals surface area contributed by atoms with Gasteiger partial charge in [-0.15, -0.1) is 0 Å². The van der Waals surface area contributed by atoms with Gasteiger partial charge in [0.15, 0.2) is 0 Å². The van der Waals surface area contributed by atoms with Crippen molar-refractivity contribution in [3.8, 4) is 0 Å². The second-order valence-corrected chi connectivity index (χ2v) is 6.05. The molecule has 0 amide bonds. The third-order valence-corrected chi connectivity index (χ3v) is 3.76. The van der Waals surface area contributed by atoms with E-state index in [9.17, 15) is 0 Å². The van der Waals surface area contributed by atoms with Crippen LogP contribution in [0.15, 0.2) is 48.1 Å². The average Bonchev–Trinajstić information content (AvgIpc) is 2.86. The summed E-state index contributed by atoms with van der Waals surface area (Å²) >= 11 is 0. The molecule has 20 heavy (non-hydrogen) atoms. The topological polar surface area (TPSA) is 24.1 Å². The van der Waals surface area contributed by atoms with Gasteiger partial charge in [0.05, 0.1) is 5.66 Å². The molecular weight excluding hydrogens is 244 g/mol. The highest BCUT2D eigenvalue weighted by atomic mass is 15.2. The number of nitrogens with one attached hydrogen (secondary N) is 2. The molecule has 0 bridgehead atoms. The standard InChI is InChI=1S/C13H14.C5H12N2/c1-11-7-9-13(10-8-11)12-5-3-2-4-6-12;1-5(2)6-3-4-7-5/h2-7,9H,8,10H2,1H3;6-7H,3-4H2,1-2H3. The molecule has 1 fully saturated rings. The third-order valence-electron chi connectivity index (χ3n) is 3.76. The number of benzene rings is 1. The fourth-order valence-corrected chi connectivity index (χ4v) is 2.45. The van der Waals surface area contributed by atoms with Crippen molar-refractivity contribution in [2.75, 3.05) is 13.1 Å². The van der Waals surface area contributed by atoms with Gasteiger partial charge in [-0.3, -0.25) is 10.6 Å². The normalized spacial score (nSPS) is 20.6. The predicted molar refractivity (Wildman–Crippen MR) is 87.5 cm³/mol. The van der Waals surface area contributed by atoms with Gasteiger partial charge < -0.3 is 0 Å². The van der Waals surface area contributed by atoms with Crippen molar-refractivity contribution in [3.05, 3.63) is 53.6 Å². The van der Waals surface area contributed by atoms with E-state index < -0.39 is 0 Å². The average molecular weight is 270 g/mol. The van der Waals surface area contributed by atoms with Gasteiger partial charge in [-0.05, 0) is 44.7 Å². The highest BCUT2D eigenvalue weighted by molar-refractivity contribution is 5.68. The smallest absolute Gasteiger partial charge is 0.0630 e. The molecule has 0 atom stereocenters. The summed E-state index contributed by atoms with van der Waals surface area (Å²) in [6.07, 6.45) is 6.87. The Labute approximate surface area is 123 Å². The first kappa shape index (κ1) is 15.0. The molecule has 0 radical (unpaired) electrons. The lowest BCUT2D eigenvalue weighted by molar-refractivity contribution is 0.411. The number of hydrogen-bond donors (Lipinski definition) is 2. The molecule has 2 nitrogen and oxygen atoms in total. The Morgan fingerprint density at radius 2 is 1.55 bits per heavy atom. The third kappa shape index (κ3) is 4.62. The van der Waals surface area contributed by atoms with Crippen LogP contribution >= 0.6 is 0 Å². The van der Waals surface area contributed by atoms with Crippen LogP contribution in [-0.4, -0.2) is 18.8 Å². The number of rotatable bonds is 1. The molecule has 1 saturated heterocycles. The molecule has 108 valence electrons. The van der Waals surface area contributed by atoms with Crippen molar-refractivity contribution in [2.24, 2.45) is 0 Å². The van der Waals surface area contributed by atoms with E-state index in [0.29, 0.717) is 0 Å². The first-order valence-corrected chi connectivity index (χ1v) is 7.49. The number of allylic oxidation sites excluding steroid dienone is 4. The van der Waals surface area contributed by atoms with Crippen LogP contribution in [0.2, 0.25) is 0 Å². The molecule has 0 unspecified atom stereocenters. The minimum atomic E-state index is 0.194. The van der Waals surface area contributed by atoms with Crippen molar-refractivity contribution in [3.63, 3.8) is 0 Å². The van der Waals surface area contributed by atoms with Crippen LogP contribution in [0.5, 0.6) is 0 Å². The van der Waals surface area contributed by atoms with Gasteiger partial charge in [-0.1, -0.05) is 48.1 Å². The lowest BCUT2D eigenvalue weighted by atomic mass is 9.94. The Bertz CT molecular complexity index is 475. The first-order valence-electron chi connectivity index (χ1n) is 7.49. The van der Waals surface area contributed by atoms with Gasteiger partial charge in [0.25, 0.3) is 0 Å². The SMILES string of the molecule is CC1(C)NCCN1.CC1=CC=C(c2ccccc2)CC1. The Balaban J connectivity index is 0.000000178. The molecule has 3 rings (SSSR count). The van der Waals surface area contributed by atoms with E-state index in [1.807, 2.05) is 0 Å². The van der Waals surface area contributed by atoms with Crippen molar-refractivity contribution in [1.82, 2.24) is 10.6 Å². The Morgan fingerprint density at radius 1 is 0.900 bits per heavy atom. The molecule has 2 aliphatic rings. The number of hydrogen-bond acceptors (Lipinski definition) is 2. The Morgan fingerprint density at radius 3 is 2.00 bits per heavy atom. The molecule has 0 aromatic heterocycles. The molecule has 1 aromatic carbocycles. The minimum absolute atomic E-state index is 0.194. The summed E-state index contributed by atoms with van der Waals surface area (Å²) in [5.41, 5.74) is 4.51. The molecule has 1 aliphatic carbocycles. The highest BCUT2D eigenvalue weighted by Crippen LogP contribution is 2.25. The van der Waals surface area contributed by atoms with Crippen LogP contribution in [0.3, 0.4) is 0 Å². The maximum absolute atomic E-state index is 3.28. The van der Waals surface area contributed by atoms with Gasteiger partial charge in [0.1, 0.15) is 0 Å². The Kier molecular flexibility index (Phi) is 5.16. The zero-order valence-corrected chi connectivity index (χ0v) is 12.9. The first-order chi connectivity index (χ1) is 9.57. The summed E-state index contributed by atoms with van der Waals surface area (Å²) in [6.45, 7) is 8.68. The summed E-state index contributed by atoms with van der Waals surface area (Å²) in [6, 6.07) is 10.6. The van der Waals surface area contributed by atoms with Crippen molar-refractivity contribution in [2.45, 2.75) is 39.3 Å². The van der Waals surface area contributed by atoms with Gasteiger partial charge in [0.2, 0.25) is 0 Å². The molecule has 0 saturated carbocycles. The summed E-state index contributed by atoms with van der Waals surface area (Å²) in [5.74, 6) is 0. The van der Waals surface area contributed by atoms with Crippen LogP contribution in [0, 0.1) is 0 Å². The molecular formula is C18H26N2. The highest BCUT2D eigenvalue weighted by Gasteiger charge is 2.19. The largest absolute Gasteiger partial charge is 0.299 e. The summed E-state index contributed by atoms with van der Waals surface area (Å²) in [7, 11) is 0. The van der Waals surface area contributed by atoms with E-state index in [2.05, 4.69) is 73.9 Å². The van der Waals surface area contributed by atoms with Gasteiger partial charge >= 0.3 is 0 Å². The molecule has 0 spiro atoms. The van der Waals surface area contributed by atoms with E-state index in [1.165, 1.54) is 29.6 Å². The minimum Gasteiger partial charge on any atom is -0.299 e. The van der Waals surface area contributed by atoms with Crippen LogP contribution in [0.25, 0.3) is 5.57 Å². The van der Waals surface area contributed by atoms with Gasteiger partial charge in [-0.25, -0.2) is 0 Å². The summed E-state index contributed by atoms with van der Waals surface area (Å²) in [4.78, 5) is 0. The molecule has 2 heteroatoms. The van der Waals surface area contributed by atoms with Crippen molar-refractivity contribution < 1.29 is 0 Å². The van der Waals surface area contributed by atoms with E-state index in [4.69, 9.17) is 0 Å². The van der Waals surface area contributed by atoms with Crippen molar-refractivity contribution >= 4 is 5.57 Å². The van der Waals surface area contributed by atoms with E-state index in [-0.39, 0.29) is 5.66 Å². The molecule has 2 N–H and O–H groups in total. The zero-order valence-electron chi connectivity index (χ0n) is 12.9. The summed E-state index contributed by atoms with van der Waals surface area (Å²) in [5, 5.41) is 6.57. The lowest BCUT2D eigenvalue weighted by Gasteiger charge is -2.16. The second kappa shape index (κ2) is 6.87. The molecule has 1 aromatic rings. The van der Waals surface area contributed by atoms with Gasteiger partial charge in [-0.2, -0.15) is 0 Å². The fourth-order valence-electron chi connectivity index (χ4n) is 2.45. The van der Waals surface area contributed by atoms with E-state index in [0.717, 1.165) is 13.1 Å². The lowest BCUT2D eigenvalue weighted by Crippen LogP contribution is -2.42. The zero-order chi connectivity index (χ0) is 14.4. The maximum atomic E-state index is 3.28. The van der Waals surface area contributed by atoms with Crippen molar-refractivity contribution in [1.29, 1.82) is 0 Å². The Hall–Kier alpha value is -1.38. The predicted octanol–water partition coefficient (Wildman–Crippen LogP) is 3.73. The quantitative estimate of drug-likeness (QED) is 0.812. The van der Waals surface area contributed by atoms with Crippen LogP contribution < -0.4 is 10.6 Å². The molecule has 1 heterocycles. The maximum Gasteiger partial charge on any atom is 0.0630 e. The monoisotopic (exact) mass is 270 g/mol. The summed E-state index contributed by atoms with van der Waals surface area (Å²) < 4.78 is 0.